The lowest BCUT2D eigenvalue weighted by molar-refractivity contribution is -0.385. The Balaban J connectivity index is 3.77. The van der Waals surface area contributed by atoms with Gasteiger partial charge in [0.15, 0.2) is 0 Å². The Morgan fingerprint density at radius 2 is 1.61 bits per heavy atom. The van der Waals surface area contributed by atoms with E-state index in [9.17, 15) is 25.8 Å². The van der Waals surface area contributed by atoms with Crippen molar-refractivity contribution in [2.24, 2.45) is 0 Å². The highest BCUT2D eigenvalue weighted by Crippen LogP contribution is 2.29. The number of carbonyl (C=O) groups is 2. The molecule has 96 valence electrons. The summed E-state index contributed by atoms with van der Waals surface area (Å²) in [6, 6.07) is 0.927. The maximum Gasteiger partial charge on any atom is 0.342 e. The van der Waals surface area contributed by atoms with Crippen LogP contribution in [-0.2, 0) is 6.14 Å². The van der Waals surface area contributed by atoms with Gasteiger partial charge in [-0.3, -0.25) is 10.1 Å². The number of nitro benzene ring substituents is 1. The van der Waals surface area contributed by atoms with Gasteiger partial charge in [0.1, 0.15) is 5.56 Å². The van der Waals surface area contributed by atoms with Crippen molar-refractivity contribution < 1.29 is 30.9 Å². The summed E-state index contributed by atoms with van der Waals surface area (Å²) in [5.74, 6) is -3.39. The minimum absolute atomic E-state index is 0.432. The molecule has 18 heavy (non-hydrogen) atoms. The minimum Gasteiger partial charge on any atom is -0.478 e. The molecule has 0 aliphatic carbocycles. The van der Waals surface area contributed by atoms with Crippen LogP contribution in [0.25, 0.3) is 0 Å². The number of carboxylic acids is 2. The molecule has 9 nitrogen and oxygen atoms in total. The lowest BCUT2D eigenvalue weighted by Gasteiger charge is -2.02. The van der Waals surface area contributed by atoms with Crippen LogP contribution in [0.4, 0.5) is 5.69 Å². The van der Waals surface area contributed by atoms with Gasteiger partial charge < -0.3 is 10.2 Å². The SMILES string of the molecule is O=C(O)c1cc(I(=O)=O)c(C(=O)O)cc1[N+](=O)[O-]. The molecule has 0 spiro atoms. The van der Waals surface area contributed by atoms with Gasteiger partial charge in [-0.15, -0.1) is 0 Å². The summed E-state index contributed by atoms with van der Waals surface area (Å²) in [5.41, 5.74) is -2.64. The molecule has 0 bridgehead atoms. The van der Waals surface area contributed by atoms with E-state index < -0.39 is 57.0 Å². The zero-order valence-corrected chi connectivity index (χ0v) is 10.5. The summed E-state index contributed by atoms with van der Waals surface area (Å²) in [6.45, 7) is 0. The third kappa shape index (κ3) is 2.58. The first-order valence-electron chi connectivity index (χ1n) is 4.10. The Kier molecular flexibility index (Phi) is 3.90. The van der Waals surface area contributed by atoms with Crippen LogP contribution >= 0.6 is 19.8 Å². The fourth-order valence-electron chi connectivity index (χ4n) is 1.18. The zero-order chi connectivity index (χ0) is 14.0. The summed E-state index contributed by atoms with van der Waals surface area (Å²) in [4.78, 5) is 31.0. The van der Waals surface area contributed by atoms with Crippen molar-refractivity contribution in [3.63, 3.8) is 0 Å². The first kappa shape index (κ1) is 14.0. The van der Waals surface area contributed by atoms with Crippen molar-refractivity contribution in [1.29, 1.82) is 0 Å². The highest BCUT2D eigenvalue weighted by Gasteiger charge is 2.27. The molecule has 0 radical (unpaired) electrons. The molecule has 0 aliphatic rings. The number of rotatable bonds is 4. The van der Waals surface area contributed by atoms with Crippen LogP contribution in [0.1, 0.15) is 20.7 Å². The van der Waals surface area contributed by atoms with Gasteiger partial charge in [-0.1, -0.05) is 0 Å². The molecular formula is C8H4INO8. The number of hydrogen-bond donors (Lipinski definition) is 2. The van der Waals surface area contributed by atoms with Crippen LogP contribution in [0.3, 0.4) is 0 Å². The highest BCUT2D eigenvalue weighted by atomic mass is 127. The monoisotopic (exact) mass is 369 g/mol. The minimum atomic E-state index is -4.29. The van der Waals surface area contributed by atoms with Crippen molar-refractivity contribution >= 4 is 37.4 Å². The maximum atomic E-state index is 10.9. The molecule has 1 aromatic rings. The number of benzene rings is 1. The molecule has 2 N–H and O–H groups in total. The van der Waals surface area contributed by atoms with E-state index in [0.29, 0.717) is 12.1 Å². The first-order valence-corrected chi connectivity index (χ1v) is 6.94. The molecule has 0 saturated carbocycles. The largest absolute Gasteiger partial charge is 0.478 e. The summed E-state index contributed by atoms with van der Waals surface area (Å²) in [7, 11) is 0. The number of hydrogen-bond acceptors (Lipinski definition) is 6. The Bertz CT molecular complexity index is 624. The summed E-state index contributed by atoms with van der Waals surface area (Å²) in [6.07, 6.45) is 0. The number of aromatic carboxylic acids is 2. The first-order chi connectivity index (χ1) is 8.25. The fourth-order valence-corrected chi connectivity index (χ4v) is 2.60. The molecule has 0 atom stereocenters. The fraction of sp³-hybridized carbons (Fsp3) is 0. The molecule has 0 heterocycles. The smallest absolute Gasteiger partial charge is 0.342 e. The third-order valence-corrected chi connectivity index (χ3v) is 3.75. The van der Waals surface area contributed by atoms with Crippen molar-refractivity contribution in [3.05, 3.63) is 36.9 Å². The zero-order valence-electron chi connectivity index (χ0n) is 8.32. The van der Waals surface area contributed by atoms with Crippen molar-refractivity contribution in [2.75, 3.05) is 0 Å². The number of halogens is 1. The van der Waals surface area contributed by atoms with Gasteiger partial charge >= 0.3 is 31.7 Å². The Labute approximate surface area is 105 Å². The Hall–Kier alpha value is -2.11. The van der Waals surface area contributed by atoms with Gasteiger partial charge in [-0.05, 0) is 6.07 Å². The van der Waals surface area contributed by atoms with Crippen LogP contribution in [-0.4, -0.2) is 27.1 Å². The van der Waals surface area contributed by atoms with E-state index in [2.05, 4.69) is 0 Å². The molecule has 10 heteroatoms. The van der Waals surface area contributed by atoms with E-state index in [1.54, 1.807) is 0 Å². The van der Waals surface area contributed by atoms with E-state index in [1.807, 2.05) is 0 Å². The van der Waals surface area contributed by atoms with E-state index >= 15 is 0 Å². The topological polar surface area (TPSA) is 152 Å². The van der Waals surface area contributed by atoms with Gasteiger partial charge in [0.05, 0.1) is 14.1 Å². The molecule has 1 rings (SSSR count). The van der Waals surface area contributed by atoms with Crippen molar-refractivity contribution in [3.8, 4) is 0 Å². The molecule has 0 aromatic heterocycles. The maximum absolute atomic E-state index is 10.9. The van der Waals surface area contributed by atoms with Crippen LogP contribution in [0.15, 0.2) is 12.1 Å². The Morgan fingerprint density at radius 1 is 1.11 bits per heavy atom. The van der Waals surface area contributed by atoms with Crippen LogP contribution in [0.2, 0.25) is 0 Å². The number of carboxylic acid groups (broad SMARTS) is 2. The summed E-state index contributed by atoms with van der Waals surface area (Å²) < 4.78 is 21.1. The molecule has 0 fully saturated rings. The quantitative estimate of drug-likeness (QED) is 0.458. The van der Waals surface area contributed by atoms with Crippen LogP contribution in [0.5, 0.6) is 0 Å². The van der Waals surface area contributed by atoms with E-state index in [0.717, 1.165) is 0 Å². The normalized spacial score (nSPS) is 10.3. The van der Waals surface area contributed by atoms with Crippen LogP contribution < -0.4 is 0 Å². The molecule has 1 aromatic carbocycles. The second-order valence-corrected chi connectivity index (χ2v) is 5.34. The predicted molar refractivity (Wildman–Crippen MR) is 61.1 cm³/mol. The van der Waals surface area contributed by atoms with E-state index in [4.69, 9.17) is 10.2 Å². The summed E-state index contributed by atoms with van der Waals surface area (Å²) in [5, 5.41) is 28.0. The lowest BCUT2D eigenvalue weighted by Crippen LogP contribution is -2.08. The van der Waals surface area contributed by atoms with E-state index in [1.165, 1.54) is 0 Å². The standard InChI is InChI=1S/C8H4INO8/c11-7(12)3-2-6(10(17)18)4(8(13)14)1-5(3)9(15)16/h1-2H,(H,11,12)(H,13,14). The molecular weight excluding hydrogens is 365 g/mol. The predicted octanol–water partition coefficient (Wildman–Crippen LogP) is 1.36. The average Bonchev–Trinajstić information content (AvgIpc) is 2.26. The van der Waals surface area contributed by atoms with Gasteiger partial charge in [-0.25, -0.2) is 15.7 Å². The van der Waals surface area contributed by atoms with Crippen molar-refractivity contribution in [2.45, 2.75) is 0 Å². The third-order valence-electron chi connectivity index (χ3n) is 1.91. The lowest BCUT2D eigenvalue weighted by atomic mass is 10.1. The molecule has 0 unspecified atom stereocenters. The summed E-state index contributed by atoms with van der Waals surface area (Å²) >= 11 is -4.29. The van der Waals surface area contributed by atoms with Gasteiger partial charge in [-0.2, -0.15) is 0 Å². The Morgan fingerprint density at radius 3 is 1.94 bits per heavy atom. The second kappa shape index (κ2) is 5.03. The van der Waals surface area contributed by atoms with Gasteiger partial charge in [0, 0.05) is 6.07 Å². The number of nitrogens with zero attached hydrogens (tertiary/aromatic N) is 1. The van der Waals surface area contributed by atoms with Crippen molar-refractivity contribution in [1.82, 2.24) is 0 Å². The van der Waals surface area contributed by atoms with Gasteiger partial charge in [0.2, 0.25) is 0 Å². The second-order valence-electron chi connectivity index (χ2n) is 2.93. The molecule has 0 amide bonds. The highest BCUT2D eigenvalue weighted by molar-refractivity contribution is 14.2. The average molecular weight is 369 g/mol. The molecule has 0 saturated heterocycles. The van der Waals surface area contributed by atoms with E-state index in [-0.39, 0.29) is 0 Å². The number of nitro groups is 1. The molecule has 0 aliphatic heterocycles. The van der Waals surface area contributed by atoms with Gasteiger partial charge in [0.25, 0.3) is 5.69 Å². The van der Waals surface area contributed by atoms with Crippen LogP contribution in [0, 0.1) is 13.7 Å².